The van der Waals surface area contributed by atoms with Gasteiger partial charge in [-0.15, -0.1) is 0 Å². The van der Waals surface area contributed by atoms with Crippen LogP contribution in [0.4, 0.5) is 0 Å². The van der Waals surface area contributed by atoms with Gasteiger partial charge in [-0.2, -0.15) is 0 Å². The summed E-state index contributed by atoms with van der Waals surface area (Å²) in [5.41, 5.74) is 0. The average Bonchev–Trinajstić information content (AvgIpc) is 2.79. The number of rotatable bonds is 4. The second-order valence-electron chi connectivity index (χ2n) is 5.97. The van der Waals surface area contributed by atoms with Gasteiger partial charge in [0, 0.05) is 18.6 Å². The van der Waals surface area contributed by atoms with Gasteiger partial charge in [-0.1, -0.05) is 6.92 Å². The average molecular weight is 239 g/mol. The third-order valence-corrected chi connectivity index (χ3v) is 4.70. The molecule has 0 aromatic heterocycles. The Labute approximate surface area is 107 Å². The lowest BCUT2D eigenvalue weighted by Crippen LogP contribution is -2.47. The summed E-state index contributed by atoms with van der Waals surface area (Å²) in [7, 11) is 2.26. The molecule has 0 radical (unpaired) electrons. The van der Waals surface area contributed by atoms with Crippen LogP contribution in [0.1, 0.15) is 33.1 Å². The molecule has 2 rings (SSSR count). The van der Waals surface area contributed by atoms with Gasteiger partial charge in [0.25, 0.3) is 0 Å². The smallest absolute Gasteiger partial charge is 0.0122 e. The molecule has 2 fully saturated rings. The molecule has 0 aliphatic carbocycles. The Kier molecular flexibility index (Phi) is 4.83. The van der Waals surface area contributed by atoms with E-state index in [0.717, 1.165) is 24.5 Å². The van der Waals surface area contributed by atoms with Crippen LogP contribution in [-0.4, -0.2) is 61.7 Å². The summed E-state index contributed by atoms with van der Waals surface area (Å²) in [6.45, 7) is 10.8. The van der Waals surface area contributed by atoms with Gasteiger partial charge >= 0.3 is 0 Å². The molecule has 17 heavy (non-hydrogen) atoms. The van der Waals surface area contributed by atoms with Gasteiger partial charge in [0.2, 0.25) is 0 Å². The minimum absolute atomic E-state index is 0.765. The van der Waals surface area contributed by atoms with E-state index in [4.69, 9.17) is 0 Å². The lowest BCUT2D eigenvalue weighted by atomic mass is 9.98. The fourth-order valence-corrected chi connectivity index (χ4v) is 3.31. The van der Waals surface area contributed by atoms with Crippen LogP contribution in [0.2, 0.25) is 0 Å². The summed E-state index contributed by atoms with van der Waals surface area (Å²) in [6.07, 6.45) is 4.13. The Morgan fingerprint density at radius 2 is 2.06 bits per heavy atom. The lowest BCUT2D eigenvalue weighted by Gasteiger charge is -2.39. The molecule has 2 aliphatic heterocycles. The predicted molar refractivity (Wildman–Crippen MR) is 73.3 cm³/mol. The highest BCUT2D eigenvalue weighted by atomic mass is 15.2. The van der Waals surface area contributed by atoms with Crippen molar-refractivity contribution in [2.24, 2.45) is 5.92 Å². The van der Waals surface area contributed by atoms with Crippen LogP contribution in [-0.2, 0) is 0 Å². The number of hydrogen-bond acceptors (Lipinski definition) is 3. The quantitative estimate of drug-likeness (QED) is 0.800. The predicted octanol–water partition coefficient (Wildman–Crippen LogP) is 1.40. The van der Waals surface area contributed by atoms with E-state index in [2.05, 4.69) is 36.0 Å². The van der Waals surface area contributed by atoms with Gasteiger partial charge in [-0.05, 0) is 65.3 Å². The fraction of sp³-hybridized carbons (Fsp3) is 1.00. The normalized spacial score (nSPS) is 36.5. The summed E-state index contributed by atoms with van der Waals surface area (Å²) in [5.74, 6) is 0.893. The van der Waals surface area contributed by atoms with Crippen LogP contribution in [0.3, 0.4) is 0 Å². The molecule has 3 heteroatoms. The maximum atomic E-state index is 3.49. The molecule has 2 aliphatic rings. The number of likely N-dealkylation sites (tertiary alicyclic amines) is 2. The van der Waals surface area contributed by atoms with Crippen molar-refractivity contribution in [2.45, 2.75) is 45.2 Å². The molecule has 3 unspecified atom stereocenters. The van der Waals surface area contributed by atoms with E-state index in [9.17, 15) is 0 Å². The molecule has 1 N–H and O–H groups in total. The molecule has 0 bridgehead atoms. The summed E-state index contributed by atoms with van der Waals surface area (Å²) in [4.78, 5) is 5.26. The van der Waals surface area contributed by atoms with Gasteiger partial charge in [-0.3, -0.25) is 4.90 Å². The van der Waals surface area contributed by atoms with Gasteiger partial charge in [0.15, 0.2) is 0 Å². The molecule has 3 atom stereocenters. The molecule has 3 nitrogen and oxygen atoms in total. The molecule has 100 valence electrons. The fourth-order valence-electron chi connectivity index (χ4n) is 3.31. The maximum absolute atomic E-state index is 3.49. The third kappa shape index (κ3) is 3.43. The standard InChI is InChI=1S/C14H29N3/c1-4-15-10-13-5-8-17(11-13)14-6-7-16(3)12(2)9-14/h12-15H,4-11H2,1-3H3. The number of hydrogen-bond donors (Lipinski definition) is 1. The molecule has 0 amide bonds. The van der Waals surface area contributed by atoms with Gasteiger partial charge in [-0.25, -0.2) is 0 Å². The monoisotopic (exact) mass is 239 g/mol. The summed E-state index contributed by atoms with van der Waals surface area (Å²) in [5, 5.41) is 3.49. The van der Waals surface area contributed by atoms with E-state index in [-0.39, 0.29) is 0 Å². The highest BCUT2D eigenvalue weighted by molar-refractivity contribution is 4.88. The second kappa shape index (κ2) is 6.17. The van der Waals surface area contributed by atoms with Crippen molar-refractivity contribution in [3.8, 4) is 0 Å². The largest absolute Gasteiger partial charge is 0.317 e. The van der Waals surface area contributed by atoms with E-state index in [1.54, 1.807) is 0 Å². The van der Waals surface area contributed by atoms with Crippen LogP contribution < -0.4 is 5.32 Å². The molecule has 0 saturated carbocycles. The molecule has 0 aromatic rings. The zero-order valence-electron chi connectivity index (χ0n) is 11.8. The van der Waals surface area contributed by atoms with Crippen LogP contribution in [0.5, 0.6) is 0 Å². The number of piperidine rings is 1. The SMILES string of the molecule is CCNCC1CCN(C2CCN(C)C(C)C2)C1. The van der Waals surface area contributed by atoms with Crippen LogP contribution in [0.15, 0.2) is 0 Å². The Morgan fingerprint density at radius 1 is 1.24 bits per heavy atom. The molecule has 0 aromatic carbocycles. The van der Waals surface area contributed by atoms with Crippen molar-refractivity contribution in [3.05, 3.63) is 0 Å². The number of nitrogens with zero attached hydrogens (tertiary/aromatic N) is 2. The van der Waals surface area contributed by atoms with Crippen molar-refractivity contribution in [3.63, 3.8) is 0 Å². The first-order chi connectivity index (χ1) is 8.20. The molecule has 2 saturated heterocycles. The topological polar surface area (TPSA) is 18.5 Å². The zero-order valence-corrected chi connectivity index (χ0v) is 11.8. The van der Waals surface area contributed by atoms with Crippen molar-refractivity contribution in [1.29, 1.82) is 0 Å². The van der Waals surface area contributed by atoms with Crippen molar-refractivity contribution < 1.29 is 0 Å². The van der Waals surface area contributed by atoms with E-state index in [0.29, 0.717) is 0 Å². The Bertz CT molecular complexity index is 232. The Balaban J connectivity index is 1.76. The Morgan fingerprint density at radius 3 is 2.76 bits per heavy atom. The highest BCUT2D eigenvalue weighted by Crippen LogP contribution is 2.26. The highest BCUT2D eigenvalue weighted by Gasteiger charge is 2.31. The first kappa shape index (κ1) is 13.3. The summed E-state index contributed by atoms with van der Waals surface area (Å²) < 4.78 is 0. The first-order valence-corrected chi connectivity index (χ1v) is 7.35. The van der Waals surface area contributed by atoms with E-state index >= 15 is 0 Å². The maximum Gasteiger partial charge on any atom is 0.0122 e. The minimum Gasteiger partial charge on any atom is -0.317 e. The van der Waals surface area contributed by atoms with Crippen LogP contribution >= 0.6 is 0 Å². The minimum atomic E-state index is 0.765. The van der Waals surface area contributed by atoms with Crippen LogP contribution in [0.25, 0.3) is 0 Å². The molecular weight excluding hydrogens is 210 g/mol. The van der Waals surface area contributed by atoms with E-state index in [1.165, 1.54) is 45.4 Å². The second-order valence-corrected chi connectivity index (χ2v) is 5.97. The van der Waals surface area contributed by atoms with Crippen molar-refractivity contribution >= 4 is 0 Å². The van der Waals surface area contributed by atoms with Crippen LogP contribution in [0, 0.1) is 5.92 Å². The lowest BCUT2D eigenvalue weighted by molar-refractivity contribution is 0.101. The van der Waals surface area contributed by atoms with Crippen molar-refractivity contribution in [2.75, 3.05) is 39.8 Å². The van der Waals surface area contributed by atoms with Crippen molar-refractivity contribution in [1.82, 2.24) is 15.1 Å². The summed E-state index contributed by atoms with van der Waals surface area (Å²) in [6, 6.07) is 1.62. The molecule has 2 heterocycles. The third-order valence-electron chi connectivity index (χ3n) is 4.70. The van der Waals surface area contributed by atoms with Gasteiger partial charge in [0.05, 0.1) is 0 Å². The van der Waals surface area contributed by atoms with Gasteiger partial charge in [0.1, 0.15) is 0 Å². The molecule has 0 spiro atoms. The zero-order chi connectivity index (χ0) is 12.3. The van der Waals surface area contributed by atoms with E-state index < -0.39 is 0 Å². The number of nitrogens with one attached hydrogen (secondary N) is 1. The molecular formula is C14H29N3. The summed E-state index contributed by atoms with van der Waals surface area (Å²) >= 11 is 0. The Hall–Kier alpha value is -0.120. The first-order valence-electron chi connectivity index (χ1n) is 7.35. The van der Waals surface area contributed by atoms with Gasteiger partial charge < -0.3 is 10.2 Å². The van der Waals surface area contributed by atoms with E-state index in [1.807, 2.05) is 0 Å².